The summed E-state index contributed by atoms with van der Waals surface area (Å²) >= 11 is 9.05. The zero-order chi connectivity index (χ0) is 13.1. The van der Waals surface area contributed by atoms with E-state index >= 15 is 0 Å². The van der Waals surface area contributed by atoms with E-state index in [1.807, 2.05) is 41.8 Å². The molecule has 3 aromatic rings. The Morgan fingerprint density at radius 2 is 2.05 bits per heavy atom. The molecule has 19 heavy (non-hydrogen) atoms. The first-order valence-electron chi connectivity index (χ1n) is 5.46. The summed E-state index contributed by atoms with van der Waals surface area (Å²) in [5, 5.41) is 13.5. The predicted octanol–water partition coefficient (Wildman–Crippen LogP) is 4.41. The quantitative estimate of drug-likeness (QED) is 0.749. The summed E-state index contributed by atoms with van der Waals surface area (Å²) < 4.78 is 0.993. The maximum Gasteiger partial charge on any atom is 0.223 e. The zero-order valence-corrected chi connectivity index (χ0v) is 12.0. The van der Waals surface area contributed by atoms with Crippen LogP contribution >= 0.6 is 34.7 Å². The standard InChI is InChI=1S/C12H9ClN4S2/c13-9-6-7-18-10(9)19-12-15-11(16-17-12)14-8-4-2-1-3-5-8/h1-7H,(H2,14,15,16,17). The molecular weight excluding hydrogens is 300 g/mol. The van der Waals surface area contributed by atoms with E-state index < -0.39 is 0 Å². The van der Waals surface area contributed by atoms with Gasteiger partial charge in [-0.3, -0.25) is 0 Å². The first kappa shape index (κ1) is 12.5. The van der Waals surface area contributed by atoms with E-state index in [2.05, 4.69) is 20.5 Å². The molecule has 2 aromatic heterocycles. The molecule has 0 bridgehead atoms. The number of nitrogens with zero attached hydrogens (tertiary/aromatic N) is 2. The number of rotatable bonds is 4. The lowest BCUT2D eigenvalue weighted by molar-refractivity contribution is 0.975. The maximum absolute atomic E-state index is 6.03. The Bertz CT molecular complexity index is 665. The van der Waals surface area contributed by atoms with Gasteiger partial charge < -0.3 is 5.32 Å². The van der Waals surface area contributed by atoms with Gasteiger partial charge in [-0.05, 0) is 35.3 Å². The SMILES string of the molecule is Clc1ccsc1Sc1n[nH]c(Nc2ccccc2)n1. The predicted molar refractivity (Wildman–Crippen MR) is 79.6 cm³/mol. The number of halogens is 1. The molecule has 3 rings (SSSR count). The number of para-hydroxylation sites is 1. The van der Waals surface area contributed by atoms with Crippen molar-refractivity contribution in [3.8, 4) is 0 Å². The second-order valence-electron chi connectivity index (χ2n) is 3.62. The average Bonchev–Trinajstić information content (AvgIpc) is 3.02. The van der Waals surface area contributed by atoms with Crippen molar-refractivity contribution in [1.29, 1.82) is 0 Å². The van der Waals surface area contributed by atoms with Gasteiger partial charge in [0.2, 0.25) is 11.1 Å². The largest absolute Gasteiger partial charge is 0.325 e. The number of nitrogens with one attached hydrogen (secondary N) is 2. The second-order valence-corrected chi connectivity index (χ2v) is 6.17. The molecule has 0 aliphatic rings. The molecular formula is C12H9ClN4S2. The van der Waals surface area contributed by atoms with Crippen LogP contribution in [0.15, 0.2) is 51.1 Å². The highest BCUT2D eigenvalue weighted by atomic mass is 35.5. The van der Waals surface area contributed by atoms with Gasteiger partial charge in [0.25, 0.3) is 0 Å². The van der Waals surface area contributed by atoms with Crippen LogP contribution in [0.1, 0.15) is 0 Å². The van der Waals surface area contributed by atoms with Crippen molar-refractivity contribution in [2.24, 2.45) is 0 Å². The Morgan fingerprint density at radius 3 is 2.79 bits per heavy atom. The lowest BCUT2D eigenvalue weighted by Crippen LogP contribution is -1.91. The van der Waals surface area contributed by atoms with Crippen molar-refractivity contribution in [2.75, 3.05) is 5.32 Å². The molecule has 4 nitrogen and oxygen atoms in total. The van der Waals surface area contributed by atoms with Crippen LogP contribution in [0.5, 0.6) is 0 Å². The van der Waals surface area contributed by atoms with E-state index in [-0.39, 0.29) is 0 Å². The maximum atomic E-state index is 6.03. The lowest BCUT2D eigenvalue weighted by Gasteiger charge is -1.99. The Labute approximate surface area is 123 Å². The molecule has 1 aromatic carbocycles. The number of anilines is 2. The third-order valence-electron chi connectivity index (χ3n) is 2.27. The van der Waals surface area contributed by atoms with E-state index in [0.717, 1.165) is 14.9 Å². The molecule has 0 amide bonds. The number of aromatic amines is 1. The van der Waals surface area contributed by atoms with Gasteiger partial charge in [0.15, 0.2) is 0 Å². The number of thiophene rings is 1. The van der Waals surface area contributed by atoms with Crippen LogP contribution in [-0.2, 0) is 0 Å². The molecule has 0 spiro atoms. The van der Waals surface area contributed by atoms with E-state index in [9.17, 15) is 0 Å². The minimum absolute atomic E-state index is 0.612. The van der Waals surface area contributed by atoms with Gasteiger partial charge in [-0.25, -0.2) is 5.10 Å². The fourth-order valence-electron chi connectivity index (χ4n) is 1.44. The van der Waals surface area contributed by atoms with Crippen molar-refractivity contribution in [3.05, 3.63) is 46.8 Å². The van der Waals surface area contributed by atoms with Gasteiger partial charge in [0.1, 0.15) is 0 Å². The van der Waals surface area contributed by atoms with Crippen LogP contribution in [0.4, 0.5) is 11.6 Å². The summed E-state index contributed by atoms with van der Waals surface area (Å²) in [7, 11) is 0. The molecule has 0 saturated heterocycles. The first-order chi connectivity index (χ1) is 9.31. The molecule has 0 atom stereocenters. The fraction of sp³-hybridized carbons (Fsp3) is 0. The van der Waals surface area contributed by atoms with Gasteiger partial charge >= 0.3 is 0 Å². The summed E-state index contributed by atoms with van der Waals surface area (Å²) in [4.78, 5) is 4.35. The fourth-order valence-corrected chi connectivity index (χ4v) is 3.48. The van der Waals surface area contributed by atoms with E-state index in [1.165, 1.54) is 11.8 Å². The first-order valence-corrected chi connectivity index (χ1v) is 7.54. The highest BCUT2D eigenvalue weighted by molar-refractivity contribution is 8.01. The van der Waals surface area contributed by atoms with Crippen LogP contribution in [0, 0.1) is 0 Å². The molecule has 0 radical (unpaired) electrons. The minimum atomic E-state index is 0.612. The van der Waals surface area contributed by atoms with Crippen LogP contribution in [-0.4, -0.2) is 15.2 Å². The van der Waals surface area contributed by atoms with Gasteiger partial charge in [-0.15, -0.1) is 16.4 Å². The summed E-state index contributed by atoms with van der Waals surface area (Å²) in [5.41, 5.74) is 0.962. The summed E-state index contributed by atoms with van der Waals surface area (Å²) in [5.74, 6) is 0.612. The number of H-pyrrole nitrogens is 1. The average molecular weight is 309 g/mol. The molecule has 2 heterocycles. The molecule has 0 fully saturated rings. The van der Waals surface area contributed by atoms with E-state index in [0.29, 0.717) is 11.1 Å². The molecule has 0 aliphatic heterocycles. The Hall–Kier alpha value is -1.50. The second kappa shape index (κ2) is 5.64. The van der Waals surface area contributed by atoms with Crippen molar-refractivity contribution in [3.63, 3.8) is 0 Å². The van der Waals surface area contributed by atoms with Crippen molar-refractivity contribution < 1.29 is 0 Å². The van der Waals surface area contributed by atoms with Gasteiger partial charge in [0, 0.05) is 5.69 Å². The number of aromatic nitrogens is 3. The smallest absolute Gasteiger partial charge is 0.223 e. The molecule has 2 N–H and O–H groups in total. The van der Waals surface area contributed by atoms with Gasteiger partial charge in [0.05, 0.1) is 9.23 Å². The van der Waals surface area contributed by atoms with Crippen LogP contribution in [0.25, 0.3) is 0 Å². The molecule has 0 unspecified atom stereocenters. The highest BCUT2D eigenvalue weighted by Gasteiger charge is 2.09. The third-order valence-corrected chi connectivity index (χ3v) is 4.82. The Morgan fingerprint density at radius 1 is 1.21 bits per heavy atom. The molecule has 0 saturated carbocycles. The number of benzene rings is 1. The Balaban J connectivity index is 1.72. The molecule has 7 heteroatoms. The highest BCUT2D eigenvalue weighted by Crippen LogP contribution is 2.36. The van der Waals surface area contributed by atoms with Crippen LogP contribution in [0.2, 0.25) is 5.02 Å². The Kier molecular flexibility index (Phi) is 3.72. The van der Waals surface area contributed by atoms with E-state index in [1.54, 1.807) is 11.3 Å². The van der Waals surface area contributed by atoms with Crippen molar-refractivity contribution in [2.45, 2.75) is 9.37 Å². The normalized spacial score (nSPS) is 10.6. The topological polar surface area (TPSA) is 53.6 Å². The van der Waals surface area contributed by atoms with E-state index in [4.69, 9.17) is 11.6 Å². The summed E-state index contributed by atoms with van der Waals surface area (Å²) in [6.45, 7) is 0. The minimum Gasteiger partial charge on any atom is -0.325 e. The van der Waals surface area contributed by atoms with Gasteiger partial charge in [-0.2, -0.15) is 4.98 Å². The molecule has 96 valence electrons. The summed E-state index contributed by atoms with van der Waals surface area (Å²) in [6, 6.07) is 11.7. The summed E-state index contributed by atoms with van der Waals surface area (Å²) in [6.07, 6.45) is 0. The van der Waals surface area contributed by atoms with Crippen LogP contribution < -0.4 is 5.32 Å². The molecule has 0 aliphatic carbocycles. The van der Waals surface area contributed by atoms with Crippen molar-refractivity contribution >= 4 is 46.3 Å². The third kappa shape index (κ3) is 3.09. The zero-order valence-electron chi connectivity index (χ0n) is 9.63. The van der Waals surface area contributed by atoms with Crippen LogP contribution in [0.3, 0.4) is 0 Å². The van der Waals surface area contributed by atoms with Crippen molar-refractivity contribution in [1.82, 2.24) is 15.2 Å². The number of hydrogen-bond donors (Lipinski definition) is 2. The van der Waals surface area contributed by atoms with Gasteiger partial charge in [-0.1, -0.05) is 29.8 Å². The monoisotopic (exact) mass is 308 g/mol. The number of hydrogen-bond acceptors (Lipinski definition) is 5. The lowest BCUT2D eigenvalue weighted by atomic mass is 10.3.